The second-order valence-electron chi connectivity index (χ2n) is 4.59. The molecule has 0 spiro atoms. The Morgan fingerprint density at radius 1 is 1.26 bits per heavy atom. The molecule has 0 saturated heterocycles. The molecule has 0 saturated carbocycles. The van der Waals surface area contributed by atoms with Gasteiger partial charge in [0, 0.05) is 6.20 Å². The molecule has 7 heteroatoms. The van der Waals surface area contributed by atoms with E-state index in [1.807, 2.05) is 6.07 Å². The Hall–Kier alpha value is -2.91. The first kappa shape index (κ1) is 16.5. The van der Waals surface area contributed by atoms with Crippen molar-refractivity contribution in [2.45, 2.75) is 13.0 Å². The van der Waals surface area contributed by atoms with Crippen LogP contribution in [0.3, 0.4) is 0 Å². The zero-order valence-electron chi connectivity index (χ0n) is 12.1. The maximum Gasteiger partial charge on any atom is 0.338 e. The summed E-state index contributed by atoms with van der Waals surface area (Å²) in [7, 11) is 0. The Balaban J connectivity index is 1.95. The summed E-state index contributed by atoms with van der Waals surface area (Å²) >= 11 is 5.70. The number of anilines is 1. The van der Waals surface area contributed by atoms with Gasteiger partial charge in [-0.2, -0.15) is 5.26 Å². The van der Waals surface area contributed by atoms with E-state index in [4.69, 9.17) is 21.6 Å². The van der Waals surface area contributed by atoms with E-state index < -0.39 is 18.0 Å². The van der Waals surface area contributed by atoms with E-state index in [-0.39, 0.29) is 5.56 Å². The van der Waals surface area contributed by atoms with Crippen molar-refractivity contribution in [3.05, 3.63) is 58.7 Å². The van der Waals surface area contributed by atoms with E-state index in [1.54, 1.807) is 6.07 Å². The van der Waals surface area contributed by atoms with Gasteiger partial charge in [-0.15, -0.1) is 0 Å². The summed E-state index contributed by atoms with van der Waals surface area (Å²) in [6.45, 7) is 1.45. The number of halogens is 1. The van der Waals surface area contributed by atoms with E-state index in [2.05, 4.69) is 10.3 Å². The van der Waals surface area contributed by atoms with Gasteiger partial charge in [-0.3, -0.25) is 4.79 Å². The number of nitrogens with one attached hydrogen (secondary N) is 1. The molecule has 0 aliphatic rings. The van der Waals surface area contributed by atoms with Crippen molar-refractivity contribution in [2.24, 2.45) is 0 Å². The summed E-state index contributed by atoms with van der Waals surface area (Å²) in [4.78, 5) is 27.8. The second-order valence-corrected chi connectivity index (χ2v) is 5.02. The normalized spacial score (nSPS) is 11.2. The maximum absolute atomic E-state index is 12.0. The monoisotopic (exact) mass is 329 g/mol. The predicted molar refractivity (Wildman–Crippen MR) is 83.9 cm³/mol. The number of ether oxygens (including phenoxy) is 1. The number of esters is 1. The van der Waals surface area contributed by atoms with Gasteiger partial charge < -0.3 is 10.1 Å². The van der Waals surface area contributed by atoms with Crippen LogP contribution in [0.25, 0.3) is 0 Å². The molecule has 0 aliphatic carbocycles. The Labute approximate surface area is 137 Å². The molecule has 2 aromatic rings. The number of nitriles is 1. The highest BCUT2D eigenvalue weighted by Crippen LogP contribution is 2.11. The van der Waals surface area contributed by atoms with E-state index in [0.717, 1.165) is 0 Å². The quantitative estimate of drug-likeness (QED) is 0.871. The Morgan fingerprint density at radius 3 is 2.52 bits per heavy atom. The van der Waals surface area contributed by atoms with Gasteiger partial charge in [-0.25, -0.2) is 9.78 Å². The van der Waals surface area contributed by atoms with Crippen LogP contribution in [0.5, 0.6) is 0 Å². The van der Waals surface area contributed by atoms with Gasteiger partial charge in [-0.05, 0) is 43.3 Å². The van der Waals surface area contributed by atoms with E-state index >= 15 is 0 Å². The first-order chi connectivity index (χ1) is 11.0. The largest absolute Gasteiger partial charge is 0.449 e. The first-order valence-corrected chi connectivity index (χ1v) is 7.01. The lowest BCUT2D eigenvalue weighted by atomic mass is 10.1. The van der Waals surface area contributed by atoms with Crippen molar-refractivity contribution in [3.8, 4) is 6.07 Å². The van der Waals surface area contributed by atoms with Crippen LogP contribution in [0.4, 0.5) is 5.82 Å². The molecule has 1 amide bonds. The lowest BCUT2D eigenvalue weighted by molar-refractivity contribution is -0.123. The van der Waals surface area contributed by atoms with Gasteiger partial charge in [0.25, 0.3) is 5.91 Å². The highest BCUT2D eigenvalue weighted by molar-refractivity contribution is 6.30. The van der Waals surface area contributed by atoms with Crippen molar-refractivity contribution in [2.75, 3.05) is 5.32 Å². The minimum Gasteiger partial charge on any atom is -0.449 e. The Morgan fingerprint density at radius 2 is 1.96 bits per heavy atom. The number of amides is 1. The molecule has 0 bridgehead atoms. The van der Waals surface area contributed by atoms with Gasteiger partial charge in [0.1, 0.15) is 5.82 Å². The van der Waals surface area contributed by atoms with E-state index in [1.165, 1.54) is 43.5 Å². The van der Waals surface area contributed by atoms with Gasteiger partial charge in [-0.1, -0.05) is 11.6 Å². The van der Waals surface area contributed by atoms with Crippen LogP contribution in [0, 0.1) is 11.3 Å². The number of hydrogen-bond donors (Lipinski definition) is 1. The summed E-state index contributed by atoms with van der Waals surface area (Å²) in [6.07, 6.45) is 0.389. The SMILES string of the molecule is C[C@@H](OC(=O)c1ccc(C#N)cc1)C(=O)Nc1ccc(Cl)cn1. The van der Waals surface area contributed by atoms with Crippen molar-refractivity contribution >= 4 is 29.3 Å². The van der Waals surface area contributed by atoms with Gasteiger partial charge in [0.05, 0.1) is 22.2 Å². The fourth-order valence-corrected chi connectivity index (χ4v) is 1.75. The summed E-state index contributed by atoms with van der Waals surface area (Å²) in [5.74, 6) is -0.858. The number of aromatic nitrogens is 1. The van der Waals surface area contributed by atoms with E-state index in [0.29, 0.717) is 16.4 Å². The molecule has 2 rings (SSSR count). The Bertz CT molecular complexity index is 752. The number of benzene rings is 1. The van der Waals surface area contributed by atoms with Crippen LogP contribution in [-0.2, 0) is 9.53 Å². The number of carbonyl (C=O) groups is 2. The van der Waals surface area contributed by atoms with Crippen LogP contribution in [0.15, 0.2) is 42.6 Å². The highest BCUT2D eigenvalue weighted by atomic mass is 35.5. The third kappa shape index (κ3) is 4.53. The highest BCUT2D eigenvalue weighted by Gasteiger charge is 2.19. The topological polar surface area (TPSA) is 92.1 Å². The molecule has 6 nitrogen and oxygen atoms in total. The van der Waals surface area contributed by atoms with Crippen LogP contribution >= 0.6 is 11.6 Å². The van der Waals surface area contributed by atoms with E-state index in [9.17, 15) is 9.59 Å². The third-order valence-electron chi connectivity index (χ3n) is 2.88. The predicted octanol–water partition coefficient (Wildman–Crippen LogP) is 2.79. The smallest absolute Gasteiger partial charge is 0.338 e. The first-order valence-electron chi connectivity index (χ1n) is 6.63. The van der Waals surface area contributed by atoms with Gasteiger partial charge >= 0.3 is 5.97 Å². The fourth-order valence-electron chi connectivity index (χ4n) is 1.64. The molecular weight excluding hydrogens is 318 g/mol. The minimum absolute atomic E-state index is 0.258. The van der Waals surface area contributed by atoms with Crippen molar-refractivity contribution in [3.63, 3.8) is 0 Å². The summed E-state index contributed by atoms with van der Waals surface area (Å²) < 4.78 is 5.08. The van der Waals surface area contributed by atoms with Gasteiger partial charge in [0.2, 0.25) is 0 Å². The zero-order chi connectivity index (χ0) is 16.8. The summed E-state index contributed by atoms with van der Waals surface area (Å²) in [6, 6.07) is 11.0. The second kappa shape index (κ2) is 7.38. The molecule has 1 atom stereocenters. The Kier molecular flexibility index (Phi) is 5.28. The standard InChI is InChI=1S/C16H12ClN3O3/c1-10(15(21)20-14-7-6-13(17)9-19-14)23-16(22)12-4-2-11(8-18)3-5-12/h2-7,9-10H,1H3,(H,19,20,21)/t10-/m1/s1. The van der Waals surface area contributed by atoms with Gasteiger partial charge in [0.15, 0.2) is 6.10 Å². The summed E-state index contributed by atoms with van der Waals surface area (Å²) in [5.41, 5.74) is 0.689. The van der Waals surface area contributed by atoms with Crippen molar-refractivity contribution < 1.29 is 14.3 Å². The molecule has 0 aliphatic heterocycles. The molecule has 1 heterocycles. The average Bonchev–Trinajstić information content (AvgIpc) is 2.56. The molecule has 1 N–H and O–H groups in total. The fraction of sp³-hybridized carbons (Fsp3) is 0.125. The molecule has 116 valence electrons. The molecular formula is C16H12ClN3O3. The van der Waals surface area contributed by atoms with Crippen molar-refractivity contribution in [1.82, 2.24) is 4.98 Å². The molecule has 0 unspecified atom stereocenters. The molecule has 23 heavy (non-hydrogen) atoms. The number of hydrogen-bond acceptors (Lipinski definition) is 5. The zero-order valence-corrected chi connectivity index (χ0v) is 12.9. The summed E-state index contributed by atoms with van der Waals surface area (Å²) in [5, 5.41) is 11.7. The lowest BCUT2D eigenvalue weighted by Crippen LogP contribution is -2.30. The van der Waals surface area contributed by atoms with Crippen LogP contribution in [0.1, 0.15) is 22.8 Å². The maximum atomic E-state index is 12.0. The molecule has 1 aromatic carbocycles. The van der Waals surface area contributed by atoms with Crippen molar-refractivity contribution in [1.29, 1.82) is 5.26 Å². The molecule has 1 aromatic heterocycles. The number of pyridine rings is 1. The number of rotatable bonds is 4. The van der Waals surface area contributed by atoms with Crippen LogP contribution in [0.2, 0.25) is 5.02 Å². The lowest BCUT2D eigenvalue weighted by Gasteiger charge is -2.13. The average molecular weight is 330 g/mol. The molecule has 0 radical (unpaired) electrons. The number of carbonyl (C=O) groups excluding carboxylic acids is 2. The number of nitrogens with zero attached hydrogens (tertiary/aromatic N) is 2. The minimum atomic E-state index is -1.00. The van der Waals surface area contributed by atoms with Crippen LogP contribution < -0.4 is 5.32 Å². The molecule has 0 fully saturated rings. The van der Waals surface area contributed by atoms with Crippen LogP contribution in [-0.4, -0.2) is 23.0 Å². The third-order valence-corrected chi connectivity index (χ3v) is 3.10.